The zero-order valence-electron chi connectivity index (χ0n) is 14.3. The minimum atomic E-state index is -3.05. The molecule has 1 unspecified atom stereocenters. The minimum absolute atomic E-state index is 0.00676. The third-order valence-electron chi connectivity index (χ3n) is 5.24. The summed E-state index contributed by atoms with van der Waals surface area (Å²) < 4.78 is 26.0. The van der Waals surface area contributed by atoms with Crippen molar-refractivity contribution < 1.29 is 13.2 Å². The number of aryl methyl sites for hydroxylation is 1. The van der Waals surface area contributed by atoms with E-state index in [9.17, 15) is 13.2 Å². The van der Waals surface area contributed by atoms with Gasteiger partial charge in [0.25, 0.3) is 5.91 Å². The Balaban J connectivity index is 1.75. The Kier molecular flexibility index (Phi) is 4.24. The first-order valence-electron chi connectivity index (χ1n) is 8.75. The van der Waals surface area contributed by atoms with Crippen molar-refractivity contribution in [2.75, 3.05) is 18.1 Å². The summed E-state index contributed by atoms with van der Waals surface area (Å²) >= 11 is 1.70. The van der Waals surface area contributed by atoms with Crippen LogP contribution in [0.3, 0.4) is 0 Å². The van der Waals surface area contributed by atoms with Crippen LogP contribution in [0.15, 0.2) is 24.5 Å². The van der Waals surface area contributed by atoms with Crippen molar-refractivity contribution in [1.82, 2.24) is 9.47 Å². The predicted molar refractivity (Wildman–Crippen MR) is 99.4 cm³/mol. The highest BCUT2D eigenvalue weighted by molar-refractivity contribution is 7.91. The number of amides is 1. The second kappa shape index (κ2) is 6.29. The van der Waals surface area contributed by atoms with Gasteiger partial charge in [-0.3, -0.25) is 4.79 Å². The van der Waals surface area contributed by atoms with E-state index >= 15 is 0 Å². The lowest BCUT2D eigenvalue weighted by molar-refractivity contribution is 0.0706. The lowest BCUT2D eigenvalue weighted by Gasteiger charge is -2.27. The first-order chi connectivity index (χ1) is 12.0. The van der Waals surface area contributed by atoms with Gasteiger partial charge in [0.05, 0.1) is 17.1 Å². The van der Waals surface area contributed by atoms with Crippen LogP contribution < -0.4 is 0 Å². The van der Waals surface area contributed by atoms with Gasteiger partial charge in [0, 0.05) is 29.9 Å². The molecule has 1 saturated heterocycles. The molecule has 134 valence electrons. The first-order valence-corrected chi connectivity index (χ1v) is 11.4. The Morgan fingerprint density at radius 1 is 1.20 bits per heavy atom. The van der Waals surface area contributed by atoms with E-state index in [1.54, 1.807) is 16.2 Å². The molecule has 3 heterocycles. The number of thiophene rings is 1. The van der Waals surface area contributed by atoms with Crippen LogP contribution in [-0.2, 0) is 22.7 Å². The topological polar surface area (TPSA) is 59.4 Å². The SMILES string of the molecule is CC1CCS(=O)(=O)CCN1C(=O)c1c(-n2cccc2)sc2c1CCC2. The van der Waals surface area contributed by atoms with Crippen molar-refractivity contribution in [1.29, 1.82) is 0 Å². The molecule has 4 rings (SSSR count). The number of carbonyl (C=O) groups is 1. The second-order valence-electron chi connectivity index (χ2n) is 6.92. The van der Waals surface area contributed by atoms with Gasteiger partial charge in [-0.15, -0.1) is 11.3 Å². The summed E-state index contributed by atoms with van der Waals surface area (Å²) in [6.07, 6.45) is 7.51. The van der Waals surface area contributed by atoms with Crippen molar-refractivity contribution in [3.8, 4) is 5.00 Å². The zero-order chi connectivity index (χ0) is 17.6. The van der Waals surface area contributed by atoms with Crippen molar-refractivity contribution in [2.24, 2.45) is 0 Å². The predicted octanol–water partition coefficient (Wildman–Crippen LogP) is 2.68. The molecule has 1 atom stereocenters. The van der Waals surface area contributed by atoms with Gasteiger partial charge in [-0.25, -0.2) is 8.42 Å². The average molecular weight is 379 g/mol. The number of carbonyl (C=O) groups excluding carboxylic acids is 1. The van der Waals surface area contributed by atoms with Gasteiger partial charge in [-0.05, 0) is 50.3 Å². The van der Waals surface area contributed by atoms with Gasteiger partial charge in [-0.1, -0.05) is 0 Å². The molecule has 1 amide bonds. The maximum absolute atomic E-state index is 13.4. The van der Waals surface area contributed by atoms with Gasteiger partial charge in [0.2, 0.25) is 0 Å². The highest BCUT2D eigenvalue weighted by Crippen LogP contribution is 2.39. The fourth-order valence-electron chi connectivity index (χ4n) is 3.77. The Labute approximate surface area is 152 Å². The number of hydrogen-bond acceptors (Lipinski definition) is 4. The molecule has 0 saturated carbocycles. The molecule has 0 N–H and O–H groups in total. The molecule has 1 aliphatic carbocycles. The van der Waals surface area contributed by atoms with E-state index in [2.05, 4.69) is 0 Å². The minimum Gasteiger partial charge on any atom is -0.335 e. The molecule has 0 bridgehead atoms. The number of rotatable bonds is 2. The number of fused-ring (bicyclic) bond motifs is 1. The van der Waals surface area contributed by atoms with Gasteiger partial charge in [-0.2, -0.15) is 0 Å². The number of sulfone groups is 1. The standard InChI is InChI=1S/C18H22N2O3S2/c1-13-7-11-25(22,23)12-10-20(13)17(21)16-14-5-4-6-15(14)24-18(16)19-8-2-3-9-19/h2-3,8-9,13H,4-7,10-12H2,1H3. The summed E-state index contributed by atoms with van der Waals surface area (Å²) in [5.74, 6) is 0.228. The van der Waals surface area contributed by atoms with Crippen LogP contribution in [0.25, 0.3) is 5.00 Å². The monoisotopic (exact) mass is 378 g/mol. The summed E-state index contributed by atoms with van der Waals surface area (Å²) in [7, 11) is -3.05. The molecular weight excluding hydrogens is 356 g/mol. The fraction of sp³-hybridized carbons (Fsp3) is 0.500. The third-order valence-corrected chi connectivity index (χ3v) is 8.21. The molecule has 0 spiro atoms. The van der Waals surface area contributed by atoms with Crippen LogP contribution in [0.1, 0.15) is 40.6 Å². The number of aromatic nitrogens is 1. The summed E-state index contributed by atoms with van der Waals surface area (Å²) in [5, 5.41) is 0.971. The van der Waals surface area contributed by atoms with Gasteiger partial charge in [0.15, 0.2) is 9.84 Å². The maximum Gasteiger partial charge on any atom is 0.257 e. The zero-order valence-corrected chi connectivity index (χ0v) is 15.9. The van der Waals surface area contributed by atoms with Gasteiger partial charge in [0.1, 0.15) is 5.00 Å². The normalized spacial score (nSPS) is 22.6. The average Bonchev–Trinajstić information content (AvgIpc) is 3.26. The lowest BCUT2D eigenvalue weighted by Crippen LogP contribution is -2.40. The Hall–Kier alpha value is -1.60. The van der Waals surface area contributed by atoms with Crippen LogP contribution in [0.4, 0.5) is 0 Å². The van der Waals surface area contributed by atoms with Crippen LogP contribution in [-0.4, -0.2) is 47.9 Å². The Bertz CT molecular complexity index is 897. The molecule has 2 aromatic heterocycles. The quantitative estimate of drug-likeness (QED) is 0.807. The number of nitrogens with zero attached hydrogens (tertiary/aromatic N) is 2. The lowest BCUT2D eigenvalue weighted by atomic mass is 10.1. The van der Waals surface area contributed by atoms with Crippen LogP contribution in [0.5, 0.6) is 0 Å². The molecule has 2 aromatic rings. The van der Waals surface area contributed by atoms with E-state index in [4.69, 9.17) is 0 Å². The van der Waals surface area contributed by atoms with Crippen LogP contribution >= 0.6 is 11.3 Å². The van der Waals surface area contributed by atoms with Crippen molar-refractivity contribution in [3.63, 3.8) is 0 Å². The van der Waals surface area contributed by atoms with E-state index in [0.29, 0.717) is 6.42 Å². The van der Waals surface area contributed by atoms with E-state index in [1.165, 1.54) is 10.4 Å². The Morgan fingerprint density at radius 3 is 2.72 bits per heavy atom. The van der Waals surface area contributed by atoms with Crippen molar-refractivity contribution in [2.45, 2.75) is 38.6 Å². The van der Waals surface area contributed by atoms with E-state index in [1.807, 2.05) is 36.0 Å². The molecular formula is C18H22N2O3S2. The summed E-state index contributed by atoms with van der Waals surface area (Å²) in [6.45, 7) is 2.25. The van der Waals surface area contributed by atoms with Gasteiger partial charge < -0.3 is 9.47 Å². The molecule has 1 fully saturated rings. The van der Waals surface area contributed by atoms with E-state index in [-0.39, 0.29) is 30.0 Å². The molecule has 7 heteroatoms. The molecule has 0 radical (unpaired) electrons. The van der Waals surface area contributed by atoms with E-state index in [0.717, 1.165) is 29.8 Å². The van der Waals surface area contributed by atoms with Crippen molar-refractivity contribution in [3.05, 3.63) is 40.5 Å². The summed E-state index contributed by atoms with van der Waals surface area (Å²) in [5.41, 5.74) is 1.97. The highest BCUT2D eigenvalue weighted by atomic mass is 32.2. The van der Waals surface area contributed by atoms with E-state index < -0.39 is 9.84 Å². The molecule has 5 nitrogen and oxygen atoms in total. The second-order valence-corrected chi connectivity index (χ2v) is 10.3. The first kappa shape index (κ1) is 16.8. The molecule has 25 heavy (non-hydrogen) atoms. The Morgan fingerprint density at radius 2 is 1.96 bits per heavy atom. The third kappa shape index (κ3) is 3.04. The van der Waals surface area contributed by atoms with Gasteiger partial charge >= 0.3 is 0 Å². The van der Waals surface area contributed by atoms with Crippen LogP contribution in [0.2, 0.25) is 0 Å². The maximum atomic E-state index is 13.4. The molecule has 1 aliphatic heterocycles. The van der Waals surface area contributed by atoms with Crippen LogP contribution in [0, 0.1) is 0 Å². The molecule has 2 aliphatic rings. The smallest absolute Gasteiger partial charge is 0.257 e. The highest BCUT2D eigenvalue weighted by Gasteiger charge is 2.34. The summed E-state index contributed by atoms with van der Waals surface area (Å²) in [4.78, 5) is 16.5. The van der Waals surface area contributed by atoms with Crippen molar-refractivity contribution >= 4 is 27.1 Å². The number of hydrogen-bond donors (Lipinski definition) is 0. The summed E-state index contributed by atoms with van der Waals surface area (Å²) in [6, 6.07) is 3.86. The molecule has 0 aromatic carbocycles. The fourth-order valence-corrected chi connectivity index (χ4v) is 6.50. The largest absolute Gasteiger partial charge is 0.335 e.